The lowest BCUT2D eigenvalue weighted by Gasteiger charge is -2.13. The van der Waals surface area contributed by atoms with Crippen LogP contribution in [0.4, 0.5) is 5.69 Å². The standard InChI is InChI=1S/C11H16N2O2S/c1-8(9-3-4-9)13-10-5-6-11(12-7-10)16(2,14)15/h5-9,13H,3-4H2,1-2H3. The first-order chi connectivity index (χ1) is 7.47. The minimum atomic E-state index is -3.19. The molecule has 0 amide bonds. The number of nitrogens with zero attached hydrogens (tertiary/aromatic N) is 1. The van der Waals surface area contributed by atoms with E-state index < -0.39 is 9.84 Å². The predicted molar refractivity (Wildman–Crippen MR) is 63.2 cm³/mol. The first-order valence-corrected chi connectivity index (χ1v) is 7.28. The van der Waals surface area contributed by atoms with Crippen LogP contribution in [0.25, 0.3) is 0 Å². The Hall–Kier alpha value is -1.10. The number of sulfone groups is 1. The molecule has 1 aromatic heterocycles. The van der Waals surface area contributed by atoms with Gasteiger partial charge in [-0.2, -0.15) is 0 Å². The summed E-state index contributed by atoms with van der Waals surface area (Å²) in [7, 11) is -3.19. The lowest BCUT2D eigenvalue weighted by Crippen LogP contribution is -2.17. The number of hydrogen-bond donors (Lipinski definition) is 1. The van der Waals surface area contributed by atoms with E-state index in [0.29, 0.717) is 6.04 Å². The van der Waals surface area contributed by atoms with E-state index in [2.05, 4.69) is 17.2 Å². The summed E-state index contributed by atoms with van der Waals surface area (Å²) in [5.74, 6) is 0.759. The molecule has 0 aliphatic heterocycles. The summed E-state index contributed by atoms with van der Waals surface area (Å²) in [5, 5.41) is 3.45. The highest BCUT2D eigenvalue weighted by atomic mass is 32.2. The maximum Gasteiger partial charge on any atom is 0.192 e. The van der Waals surface area contributed by atoms with E-state index in [4.69, 9.17) is 0 Å². The summed E-state index contributed by atoms with van der Waals surface area (Å²) >= 11 is 0. The summed E-state index contributed by atoms with van der Waals surface area (Å²) in [6.07, 6.45) is 5.30. The molecule has 0 radical (unpaired) electrons. The van der Waals surface area contributed by atoms with E-state index in [-0.39, 0.29) is 5.03 Å². The summed E-state index contributed by atoms with van der Waals surface area (Å²) in [6, 6.07) is 3.74. The van der Waals surface area contributed by atoms with E-state index >= 15 is 0 Å². The van der Waals surface area contributed by atoms with Crippen molar-refractivity contribution in [3.8, 4) is 0 Å². The van der Waals surface area contributed by atoms with Crippen molar-refractivity contribution < 1.29 is 8.42 Å². The summed E-state index contributed by atoms with van der Waals surface area (Å²) in [5.41, 5.74) is 0.881. The highest BCUT2D eigenvalue weighted by Crippen LogP contribution is 2.33. The van der Waals surface area contributed by atoms with Gasteiger partial charge in [-0.3, -0.25) is 0 Å². The Morgan fingerprint density at radius 3 is 2.56 bits per heavy atom. The summed E-state index contributed by atoms with van der Waals surface area (Å²) in [6.45, 7) is 2.14. The van der Waals surface area contributed by atoms with Gasteiger partial charge in [0, 0.05) is 12.3 Å². The summed E-state index contributed by atoms with van der Waals surface area (Å²) in [4.78, 5) is 3.93. The van der Waals surface area contributed by atoms with Crippen molar-refractivity contribution in [2.24, 2.45) is 5.92 Å². The van der Waals surface area contributed by atoms with Crippen molar-refractivity contribution >= 4 is 15.5 Å². The predicted octanol–water partition coefficient (Wildman–Crippen LogP) is 1.70. The maximum atomic E-state index is 11.2. The van der Waals surface area contributed by atoms with Crippen LogP contribution >= 0.6 is 0 Å². The van der Waals surface area contributed by atoms with Gasteiger partial charge >= 0.3 is 0 Å². The third kappa shape index (κ3) is 2.72. The molecule has 2 rings (SSSR count). The Balaban J connectivity index is 2.07. The highest BCUT2D eigenvalue weighted by Gasteiger charge is 2.27. The molecular weight excluding hydrogens is 224 g/mol. The number of aromatic nitrogens is 1. The molecule has 1 heterocycles. The minimum Gasteiger partial charge on any atom is -0.381 e. The zero-order valence-corrected chi connectivity index (χ0v) is 10.3. The first kappa shape index (κ1) is 11.4. The van der Waals surface area contributed by atoms with Crippen LogP contribution in [0.2, 0.25) is 0 Å². The van der Waals surface area contributed by atoms with Gasteiger partial charge in [-0.05, 0) is 37.8 Å². The molecule has 1 aliphatic rings. The van der Waals surface area contributed by atoms with Crippen LogP contribution in [0.5, 0.6) is 0 Å². The second kappa shape index (κ2) is 4.05. The Labute approximate surface area is 96.0 Å². The van der Waals surface area contributed by atoms with Gasteiger partial charge in [0.05, 0.1) is 11.9 Å². The minimum absolute atomic E-state index is 0.122. The van der Waals surface area contributed by atoms with Gasteiger partial charge in [0.25, 0.3) is 0 Å². The molecule has 0 saturated heterocycles. The Kier molecular flexibility index (Phi) is 2.88. The van der Waals surface area contributed by atoms with Gasteiger partial charge in [0.15, 0.2) is 14.9 Å². The summed E-state index contributed by atoms with van der Waals surface area (Å²) < 4.78 is 22.4. The number of hydrogen-bond acceptors (Lipinski definition) is 4. The maximum absolute atomic E-state index is 11.2. The van der Waals surface area contributed by atoms with Gasteiger partial charge < -0.3 is 5.32 Å². The van der Waals surface area contributed by atoms with Crippen LogP contribution in [-0.2, 0) is 9.84 Å². The molecule has 0 aromatic carbocycles. The van der Waals surface area contributed by atoms with Crippen molar-refractivity contribution in [2.45, 2.75) is 30.8 Å². The monoisotopic (exact) mass is 240 g/mol. The van der Waals surface area contributed by atoms with Gasteiger partial charge in [-0.15, -0.1) is 0 Å². The lowest BCUT2D eigenvalue weighted by atomic mass is 10.2. The molecule has 1 fully saturated rings. The fraction of sp³-hybridized carbons (Fsp3) is 0.545. The van der Waals surface area contributed by atoms with Crippen LogP contribution in [0.15, 0.2) is 23.4 Å². The van der Waals surface area contributed by atoms with E-state index in [1.807, 2.05) is 0 Å². The van der Waals surface area contributed by atoms with Crippen molar-refractivity contribution in [3.63, 3.8) is 0 Å². The van der Waals surface area contributed by atoms with Crippen LogP contribution in [-0.4, -0.2) is 25.7 Å². The molecule has 1 atom stereocenters. The van der Waals surface area contributed by atoms with Crippen LogP contribution in [0.1, 0.15) is 19.8 Å². The zero-order chi connectivity index (χ0) is 11.8. The Morgan fingerprint density at radius 2 is 2.12 bits per heavy atom. The number of anilines is 1. The average Bonchev–Trinajstić information content (AvgIpc) is 3.00. The molecule has 88 valence electrons. The highest BCUT2D eigenvalue weighted by molar-refractivity contribution is 7.90. The van der Waals surface area contributed by atoms with Gasteiger partial charge in [0.2, 0.25) is 0 Å². The van der Waals surface area contributed by atoms with Crippen LogP contribution in [0.3, 0.4) is 0 Å². The largest absolute Gasteiger partial charge is 0.381 e. The van der Waals surface area contributed by atoms with Crippen LogP contribution < -0.4 is 5.32 Å². The quantitative estimate of drug-likeness (QED) is 0.870. The third-order valence-electron chi connectivity index (χ3n) is 2.84. The van der Waals surface area contributed by atoms with Gasteiger partial charge in [-0.1, -0.05) is 0 Å². The number of rotatable bonds is 4. The molecular formula is C11H16N2O2S. The van der Waals surface area contributed by atoms with E-state index in [1.165, 1.54) is 18.9 Å². The van der Waals surface area contributed by atoms with E-state index in [9.17, 15) is 8.42 Å². The molecule has 1 saturated carbocycles. The molecule has 16 heavy (non-hydrogen) atoms. The first-order valence-electron chi connectivity index (χ1n) is 5.39. The second-order valence-electron chi connectivity index (χ2n) is 4.43. The fourth-order valence-electron chi connectivity index (χ4n) is 1.66. The molecule has 0 spiro atoms. The van der Waals surface area contributed by atoms with Gasteiger partial charge in [0.1, 0.15) is 0 Å². The van der Waals surface area contributed by atoms with E-state index in [0.717, 1.165) is 17.9 Å². The molecule has 1 unspecified atom stereocenters. The van der Waals surface area contributed by atoms with Crippen LogP contribution in [0, 0.1) is 5.92 Å². The molecule has 1 aliphatic carbocycles. The van der Waals surface area contributed by atoms with Crippen molar-refractivity contribution in [2.75, 3.05) is 11.6 Å². The number of pyridine rings is 1. The molecule has 0 bridgehead atoms. The fourth-order valence-corrected chi connectivity index (χ4v) is 2.22. The van der Waals surface area contributed by atoms with Crippen molar-refractivity contribution in [1.29, 1.82) is 0 Å². The molecule has 5 heteroatoms. The molecule has 1 N–H and O–H groups in total. The SMILES string of the molecule is CC(Nc1ccc(S(C)(=O)=O)nc1)C1CC1. The van der Waals surface area contributed by atoms with Crippen molar-refractivity contribution in [3.05, 3.63) is 18.3 Å². The smallest absolute Gasteiger partial charge is 0.192 e. The third-order valence-corrected chi connectivity index (χ3v) is 3.84. The normalized spacial score (nSPS) is 18.1. The van der Waals surface area contributed by atoms with E-state index in [1.54, 1.807) is 12.3 Å². The topological polar surface area (TPSA) is 59.1 Å². The number of nitrogens with one attached hydrogen (secondary N) is 1. The Bertz CT molecular complexity index is 463. The van der Waals surface area contributed by atoms with Crippen molar-refractivity contribution in [1.82, 2.24) is 4.98 Å². The van der Waals surface area contributed by atoms with Gasteiger partial charge in [-0.25, -0.2) is 13.4 Å². The zero-order valence-electron chi connectivity index (χ0n) is 9.47. The lowest BCUT2D eigenvalue weighted by molar-refractivity contribution is 0.598. The molecule has 4 nitrogen and oxygen atoms in total. The average molecular weight is 240 g/mol. The molecule has 1 aromatic rings. The Morgan fingerprint density at radius 1 is 1.44 bits per heavy atom. The second-order valence-corrected chi connectivity index (χ2v) is 6.39.